The summed E-state index contributed by atoms with van der Waals surface area (Å²) in [5.41, 5.74) is 0.754. The van der Waals surface area contributed by atoms with Crippen molar-refractivity contribution in [1.29, 1.82) is 0 Å². The van der Waals surface area contributed by atoms with Crippen LogP contribution < -0.4 is 14.8 Å². The van der Waals surface area contributed by atoms with Crippen LogP contribution in [-0.2, 0) is 10.0 Å². The summed E-state index contributed by atoms with van der Waals surface area (Å²) in [4.78, 5) is 12.6. The van der Waals surface area contributed by atoms with Crippen molar-refractivity contribution >= 4 is 21.6 Å². The molecule has 3 rings (SSSR count). The van der Waals surface area contributed by atoms with E-state index in [-0.39, 0.29) is 16.6 Å². The second-order valence-electron chi connectivity index (χ2n) is 6.78. The normalized spacial score (nSPS) is 11.2. The van der Waals surface area contributed by atoms with E-state index in [1.165, 1.54) is 26.2 Å². The first kappa shape index (κ1) is 22.3. The number of sulfonamides is 1. The van der Waals surface area contributed by atoms with Crippen LogP contribution in [0, 0.1) is 0 Å². The molecule has 0 unspecified atom stereocenters. The molecule has 3 aromatic rings. The third-order valence-electron chi connectivity index (χ3n) is 4.36. The summed E-state index contributed by atoms with van der Waals surface area (Å²) in [5, 5.41) is 2.73. The lowest BCUT2D eigenvalue weighted by Gasteiger charge is -2.16. The first-order valence-electron chi connectivity index (χ1n) is 9.65. The molecule has 0 fully saturated rings. The number of benzene rings is 3. The van der Waals surface area contributed by atoms with Crippen LogP contribution in [-0.4, -0.2) is 39.3 Å². The van der Waals surface area contributed by atoms with Crippen molar-refractivity contribution in [2.75, 3.05) is 26.0 Å². The first-order valence-corrected chi connectivity index (χ1v) is 11.1. The Hall–Kier alpha value is -3.36. The summed E-state index contributed by atoms with van der Waals surface area (Å²) < 4.78 is 37.6. The number of hydrogen-bond donors (Lipinski definition) is 1. The molecule has 31 heavy (non-hydrogen) atoms. The molecule has 0 atom stereocenters. The number of anilines is 1. The highest BCUT2D eigenvalue weighted by Crippen LogP contribution is 2.29. The SMILES string of the molecule is CCOc1ccc(NC(=O)c2ccc(Oc3ccccc3)cc2)cc1S(=O)(=O)N(C)C. The molecular weight excluding hydrogens is 416 g/mol. The monoisotopic (exact) mass is 440 g/mol. The van der Waals surface area contributed by atoms with E-state index < -0.39 is 10.0 Å². The van der Waals surface area contributed by atoms with Gasteiger partial charge in [0.1, 0.15) is 22.1 Å². The lowest BCUT2D eigenvalue weighted by Crippen LogP contribution is -2.23. The van der Waals surface area contributed by atoms with Crippen LogP contribution in [0.5, 0.6) is 17.2 Å². The summed E-state index contributed by atoms with van der Waals surface area (Å²) in [6, 6.07) is 20.5. The average Bonchev–Trinajstić information content (AvgIpc) is 2.76. The van der Waals surface area contributed by atoms with Crippen LogP contribution in [0.3, 0.4) is 0 Å². The molecular formula is C23H24N2O5S. The number of ether oxygens (including phenoxy) is 2. The van der Waals surface area contributed by atoms with Gasteiger partial charge in [-0.3, -0.25) is 4.79 Å². The van der Waals surface area contributed by atoms with E-state index in [1.54, 1.807) is 37.3 Å². The number of rotatable bonds is 8. The highest BCUT2D eigenvalue weighted by molar-refractivity contribution is 7.89. The van der Waals surface area contributed by atoms with Gasteiger partial charge < -0.3 is 14.8 Å². The zero-order chi connectivity index (χ0) is 22.4. The molecule has 0 bridgehead atoms. The fourth-order valence-corrected chi connectivity index (χ4v) is 3.81. The number of carbonyl (C=O) groups is 1. The summed E-state index contributed by atoms with van der Waals surface area (Å²) in [6.45, 7) is 2.09. The average molecular weight is 441 g/mol. The standard InChI is InChI=1S/C23H24N2O5S/c1-4-29-21-15-12-18(16-22(21)31(27,28)25(2)3)24-23(26)17-10-13-20(14-11-17)30-19-8-6-5-7-9-19/h5-16H,4H2,1-3H3,(H,24,26). The smallest absolute Gasteiger partial charge is 0.255 e. The predicted octanol–water partition coefficient (Wildman–Crippen LogP) is 4.38. The molecule has 3 aromatic carbocycles. The second kappa shape index (κ2) is 9.63. The Bertz CT molecular complexity index is 1140. The summed E-state index contributed by atoms with van der Waals surface area (Å²) in [5.74, 6) is 1.16. The molecule has 7 nitrogen and oxygen atoms in total. The maximum absolute atomic E-state index is 12.6. The molecule has 1 amide bonds. The van der Waals surface area contributed by atoms with E-state index in [4.69, 9.17) is 9.47 Å². The fourth-order valence-electron chi connectivity index (χ4n) is 2.76. The summed E-state index contributed by atoms with van der Waals surface area (Å²) >= 11 is 0. The molecule has 1 N–H and O–H groups in total. The number of nitrogens with zero attached hydrogens (tertiary/aromatic N) is 1. The molecule has 0 spiro atoms. The Labute approximate surface area is 182 Å². The lowest BCUT2D eigenvalue weighted by atomic mass is 10.2. The van der Waals surface area contributed by atoms with Crippen molar-refractivity contribution in [3.8, 4) is 17.2 Å². The van der Waals surface area contributed by atoms with Crippen molar-refractivity contribution in [3.05, 3.63) is 78.4 Å². The Kier molecular flexibility index (Phi) is 6.94. The van der Waals surface area contributed by atoms with E-state index in [2.05, 4.69) is 5.32 Å². The minimum atomic E-state index is -3.75. The minimum absolute atomic E-state index is 0.0104. The molecule has 8 heteroatoms. The van der Waals surface area contributed by atoms with Gasteiger partial charge in [-0.1, -0.05) is 18.2 Å². The number of amides is 1. The van der Waals surface area contributed by atoms with Crippen molar-refractivity contribution in [3.63, 3.8) is 0 Å². The predicted molar refractivity (Wildman–Crippen MR) is 119 cm³/mol. The Balaban J connectivity index is 1.78. The van der Waals surface area contributed by atoms with E-state index in [0.717, 1.165) is 4.31 Å². The van der Waals surface area contributed by atoms with Crippen LogP contribution >= 0.6 is 0 Å². The largest absolute Gasteiger partial charge is 0.492 e. The molecule has 0 aromatic heterocycles. The van der Waals surface area contributed by atoms with Gasteiger partial charge in [-0.05, 0) is 61.5 Å². The van der Waals surface area contributed by atoms with Crippen molar-refractivity contribution in [1.82, 2.24) is 4.31 Å². The zero-order valence-electron chi connectivity index (χ0n) is 17.5. The van der Waals surface area contributed by atoms with Gasteiger partial charge in [0.25, 0.3) is 5.91 Å². The first-order chi connectivity index (χ1) is 14.8. The molecule has 162 valence electrons. The maximum Gasteiger partial charge on any atom is 0.255 e. The Morgan fingerprint density at radius 1 is 0.935 bits per heavy atom. The summed E-state index contributed by atoms with van der Waals surface area (Å²) in [7, 11) is -0.868. The number of para-hydroxylation sites is 1. The van der Waals surface area contributed by atoms with Crippen LogP contribution in [0.15, 0.2) is 77.7 Å². The van der Waals surface area contributed by atoms with Gasteiger partial charge in [-0.15, -0.1) is 0 Å². The van der Waals surface area contributed by atoms with E-state index in [1.807, 2.05) is 30.3 Å². The third kappa shape index (κ3) is 5.42. The van der Waals surface area contributed by atoms with E-state index in [0.29, 0.717) is 29.4 Å². The van der Waals surface area contributed by atoms with Crippen molar-refractivity contribution < 1.29 is 22.7 Å². The van der Waals surface area contributed by atoms with Crippen LogP contribution in [0.1, 0.15) is 17.3 Å². The quantitative estimate of drug-likeness (QED) is 0.562. The van der Waals surface area contributed by atoms with Gasteiger partial charge in [-0.25, -0.2) is 12.7 Å². The van der Waals surface area contributed by atoms with E-state index >= 15 is 0 Å². The van der Waals surface area contributed by atoms with Gasteiger partial charge in [0.2, 0.25) is 10.0 Å². The minimum Gasteiger partial charge on any atom is -0.492 e. The van der Waals surface area contributed by atoms with Gasteiger partial charge in [0, 0.05) is 25.3 Å². The molecule has 0 aliphatic rings. The van der Waals surface area contributed by atoms with Crippen LogP contribution in [0.25, 0.3) is 0 Å². The molecule has 0 saturated carbocycles. The summed E-state index contributed by atoms with van der Waals surface area (Å²) in [6.07, 6.45) is 0. The van der Waals surface area contributed by atoms with Crippen LogP contribution in [0.2, 0.25) is 0 Å². The lowest BCUT2D eigenvalue weighted by molar-refractivity contribution is 0.102. The molecule has 0 heterocycles. The highest BCUT2D eigenvalue weighted by atomic mass is 32.2. The fraction of sp³-hybridized carbons (Fsp3) is 0.174. The number of carbonyl (C=O) groups excluding carboxylic acids is 1. The maximum atomic E-state index is 12.6. The second-order valence-corrected chi connectivity index (χ2v) is 8.90. The number of nitrogens with one attached hydrogen (secondary N) is 1. The van der Waals surface area contributed by atoms with Crippen molar-refractivity contribution in [2.24, 2.45) is 0 Å². The molecule has 0 aliphatic carbocycles. The number of hydrogen-bond acceptors (Lipinski definition) is 5. The Morgan fingerprint density at radius 2 is 1.58 bits per heavy atom. The zero-order valence-corrected chi connectivity index (χ0v) is 18.3. The van der Waals surface area contributed by atoms with Gasteiger partial charge in [0.05, 0.1) is 6.61 Å². The van der Waals surface area contributed by atoms with Gasteiger partial charge in [0.15, 0.2) is 0 Å². The molecule has 0 aliphatic heterocycles. The highest BCUT2D eigenvalue weighted by Gasteiger charge is 2.23. The molecule has 0 radical (unpaired) electrons. The van der Waals surface area contributed by atoms with Gasteiger partial charge >= 0.3 is 0 Å². The van der Waals surface area contributed by atoms with Crippen LogP contribution in [0.4, 0.5) is 5.69 Å². The third-order valence-corrected chi connectivity index (χ3v) is 6.19. The Morgan fingerprint density at radius 3 is 2.19 bits per heavy atom. The van der Waals surface area contributed by atoms with Gasteiger partial charge in [-0.2, -0.15) is 0 Å². The van der Waals surface area contributed by atoms with E-state index in [9.17, 15) is 13.2 Å². The molecule has 0 saturated heterocycles. The van der Waals surface area contributed by atoms with Crippen molar-refractivity contribution in [2.45, 2.75) is 11.8 Å². The topological polar surface area (TPSA) is 84.9 Å².